The molecule has 20 heavy (non-hydrogen) atoms. The zero-order chi connectivity index (χ0) is 14.9. The maximum Gasteiger partial charge on any atom is 0.244 e. The van der Waals surface area contributed by atoms with E-state index in [1.54, 1.807) is 6.92 Å². The van der Waals surface area contributed by atoms with Gasteiger partial charge < -0.3 is 15.6 Å². The Morgan fingerprint density at radius 2 is 2.20 bits per heavy atom. The van der Waals surface area contributed by atoms with E-state index in [2.05, 4.69) is 0 Å². The largest absolute Gasteiger partial charge is 0.399 e. The predicted octanol–water partition coefficient (Wildman–Crippen LogP) is 0.693. The van der Waals surface area contributed by atoms with Crippen LogP contribution >= 0.6 is 11.6 Å². The fourth-order valence-corrected chi connectivity index (χ4v) is 4.24. The molecule has 1 fully saturated rings. The summed E-state index contributed by atoms with van der Waals surface area (Å²) in [4.78, 5) is 0.0131. The summed E-state index contributed by atoms with van der Waals surface area (Å²) in [6, 6.07) is 4.29. The van der Waals surface area contributed by atoms with Crippen molar-refractivity contribution in [1.82, 2.24) is 4.31 Å². The fraction of sp³-hybridized carbons (Fsp3) is 0.500. The standard InChI is InChI=1S/C12H17ClN2O4S/c1-8-5-15(6-10(7-16)19-8)20(17,18)12-3-2-9(14)4-11(12)13/h2-4,8,10,16H,5-7,14H2,1H3. The topological polar surface area (TPSA) is 92.9 Å². The van der Waals surface area contributed by atoms with E-state index in [1.807, 2.05) is 0 Å². The lowest BCUT2D eigenvalue weighted by molar-refractivity contribution is -0.0750. The van der Waals surface area contributed by atoms with Crippen molar-refractivity contribution in [3.05, 3.63) is 23.2 Å². The molecule has 0 radical (unpaired) electrons. The predicted molar refractivity (Wildman–Crippen MR) is 76.0 cm³/mol. The molecule has 1 aromatic carbocycles. The Labute approximate surface area is 123 Å². The highest BCUT2D eigenvalue weighted by Gasteiger charge is 2.34. The van der Waals surface area contributed by atoms with Gasteiger partial charge in [-0.1, -0.05) is 11.6 Å². The molecule has 1 saturated heterocycles. The van der Waals surface area contributed by atoms with Crippen LogP contribution in [-0.2, 0) is 14.8 Å². The van der Waals surface area contributed by atoms with Gasteiger partial charge in [-0.2, -0.15) is 4.31 Å². The first-order valence-corrected chi connectivity index (χ1v) is 7.98. The molecule has 2 unspecified atom stereocenters. The smallest absolute Gasteiger partial charge is 0.244 e. The Balaban J connectivity index is 2.34. The molecule has 112 valence electrons. The minimum Gasteiger partial charge on any atom is -0.399 e. The van der Waals surface area contributed by atoms with Crippen molar-refractivity contribution < 1.29 is 18.3 Å². The third-order valence-corrected chi connectivity index (χ3v) is 5.38. The summed E-state index contributed by atoms with van der Waals surface area (Å²) in [5.41, 5.74) is 5.97. The summed E-state index contributed by atoms with van der Waals surface area (Å²) in [6.45, 7) is 1.85. The summed E-state index contributed by atoms with van der Waals surface area (Å²) in [7, 11) is -3.73. The van der Waals surface area contributed by atoms with Crippen molar-refractivity contribution in [2.45, 2.75) is 24.0 Å². The van der Waals surface area contributed by atoms with Crippen molar-refractivity contribution >= 4 is 27.3 Å². The number of benzene rings is 1. The number of rotatable bonds is 3. The van der Waals surface area contributed by atoms with Crippen LogP contribution in [0, 0.1) is 0 Å². The fourth-order valence-electron chi connectivity index (χ4n) is 2.17. The molecule has 0 saturated carbocycles. The summed E-state index contributed by atoms with van der Waals surface area (Å²) < 4.78 is 31.9. The van der Waals surface area contributed by atoms with E-state index in [9.17, 15) is 8.42 Å². The lowest BCUT2D eigenvalue weighted by Crippen LogP contribution is -2.50. The SMILES string of the molecule is CC1CN(S(=O)(=O)c2ccc(N)cc2Cl)CC(CO)O1. The molecule has 1 heterocycles. The van der Waals surface area contributed by atoms with Crippen molar-refractivity contribution in [2.24, 2.45) is 0 Å². The van der Waals surface area contributed by atoms with Crippen LogP contribution in [0.2, 0.25) is 5.02 Å². The average Bonchev–Trinajstić information content (AvgIpc) is 2.37. The molecule has 0 bridgehead atoms. The van der Waals surface area contributed by atoms with Gasteiger partial charge in [0.15, 0.2) is 0 Å². The van der Waals surface area contributed by atoms with Crippen molar-refractivity contribution in [1.29, 1.82) is 0 Å². The van der Waals surface area contributed by atoms with Gasteiger partial charge in [-0.05, 0) is 25.1 Å². The molecule has 6 nitrogen and oxygen atoms in total. The summed E-state index contributed by atoms with van der Waals surface area (Å²) in [5.74, 6) is 0. The number of nitrogens with two attached hydrogens (primary N) is 1. The lowest BCUT2D eigenvalue weighted by Gasteiger charge is -2.35. The average molecular weight is 321 g/mol. The minimum atomic E-state index is -3.73. The highest BCUT2D eigenvalue weighted by atomic mass is 35.5. The van der Waals surface area contributed by atoms with Gasteiger partial charge in [0.25, 0.3) is 0 Å². The second-order valence-electron chi connectivity index (χ2n) is 4.76. The van der Waals surface area contributed by atoms with E-state index in [1.165, 1.54) is 22.5 Å². The lowest BCUT2D eigenvalue weighted by atomic mass is 10.2. The highest BCUT2D eigenvalue weighted by Crippen LogP contribution is 2.28. The van der Waals surface area contributed by atoms with Crippen molar-refractivity contribution in [2.75, 3.05) is 25.4 Å². The molecule has 8 heteroatoms. The molecular weight excluding hydrogens is 304 g/mol. The van der Waals surface area contributed by atoms with Crippen LogP contribution in [0.3, 0.4) is 0 Å². The minimum absolute atomic E-state index is 0.0131. The van der Waals surface area contributed by atoms with E-state index in [-0.39, 0.29) is 35.7 Å². The number of nitrogens with zero attached hydrogens (tertiary/aromatic N) is 1. The van der Waals surface area contributed by atoms with E-state index in [0.29, 0.717) is 5.69 Å². The number of nitrogen functional groups attached to an aromatic ring is 1. The van der Waals surface area contributed by atoms with Gasteiger partial charge >= 0.3 is 0 Å². The van der Waals surface area contributed by atoms with Crippen LogP contribution in [0.5, 0.6) is 0 Å². The van der Waals surface area contributed by atoms with Crippen LogP contribution < -0.4 is 5.73 Å². The Morgan fingerprint density at radius 3 is 2.80 bits per heavy atom. The molecule has 1 aliphatic heterocycles. The van der Waals surface area contributed by atoms with E-state index in [0.717, 1.165) is 0 Å². The van der Waals surface area contributed by atoms with Crippen molar-refractivity contribution in [3.8, 4) is 0 Å². The summed E-state index contributed by atoms with van der Waals surface area (Å²) in [5, 5.41) is 9.25. The molecule has 3 N–H and O–H groups in total. The first kappa shape index (κ1) is 15.5. The van der Waals surface area contributed by atoms with Crippen molar-refractivity contribution in [3.63, 3.8) is 0 Å². The molecule has 0 amide bonds. The highest BCUT2D eigenvalue weighted by molar-refractivity contribution is 7.89. The number of hydrogen-bond donors (Lipinski definition) is 2. The number of sulfonamides is 1. The number of ether oxygens (including phenoxy) is 1. The van der Waals surface area contributed by atoms with Gasteiger partial charge in [0.1, 0.15) is 4.90 Å². The van der Waals surface area contributed by atoms with Crippen LogP contribution in [0.4, 0.5) is 5.69 Å². The molecular formula is C12H17ClN2O4S. The molecule has 0 aliphatic carbocycles. The first-order chi connectivity index (χ1) is 9.34. The molecule has 0 aromatic heterocycles. The zero-order valence-corrected chi connectivity index (χ0v) is 12.6. The van der Waals surface area contributed by atoms with Gasteiger partial charge in [0, 0.05) is 18.8 Å². The van der Waals surface area contributed by atoms with Crippen LogP contribution in [0.15, 0.2) is 23.1 Å². The number of hydrogen-bond acceptors (Lipinski definition) is 5. The molecule has 1 aliphatic rings. The zero-order valence-electron chi connectivity index (χ0n) is 11.0. The van der Waals surface area contributed by atoms with E-state index >= 15 is 0 Å². The van der Waals surface area contributed by atoms with Gasteiger partial charge in [0.05, 0.1) is 23.8 Å². The van der Waals surface area contributed by atoms with Gasteiger partial charge in [0.2, 0.25) is 10.0 Å². The second-order valence-corrected chi connectivity index (χ2v) is 7.08. The van der Waals surface area contributed by atoms with E-state index in [4.69, 9.17) is 27.2 Å². The molecule has 0 spiro atoms. The third kappa shape index (κ3) is 3.07. The molecule has 1 aromatic rings. The quantitative estimate of drug-likeness (QED) is 0.799. The third-order valence-electron chi connectivity index (χ3n) is 3.07. The number of aliphatic hydroxyl groups excluding tert-OH is 1. The summed E-state index contributed by atoms with van der Waals surface area (Å²) in [6.07, 6.45) is -0.815. The molecule has 2 rings (SSSR count). The summed E-state index contributed by atoms with van der Waals surface area (Å²) >= 11 is 5.97. The van der Waals surface area contributed by atoms with Crippen LogP contribution in [0.1, 0.15) is 6.92 Å². The van der Waals surface area contributed by atoms with Gasteiger partial charge in [-0.25, -0.2) is 8.42 Å². The Bertz CT molecular complexity index is 593. The Hall–Kier alpha value is -0.860. The van der Waals surface area contributed by atoms with Gasteiger partial charge in [-0.3, -0.25) is 0 Å². The number of halogens is 1. The van der Waals surface area contributed by atoms with Gasteiger partial charge in [-0.15, -0.1) is 0 Å². The van der Waals surface area contributed by atoms with Crippen LogP contribution in [-0.4, -0.2) is 49.7 Å². The second kappa shape index (κ2) is 5.87. The van der Waals surface area contributed by atoms with Crippen LogP contribution in [0.25, 0.3) is 0 Å². The number of anilines is 1. The number of morpholine rings is 1. The monoisotopic (exact) mass is 320 g/mol. The normalized spacial score (nSPS) is 24.8. The Morgan fingerprint density at radius 1 is 1.50 bits per heavy atom. The van der Waals surface area contributed by atoms with E-state index < -0.39 is 16.1 Å². The molecule has 2 atom stereocenters. The Kier molecular flexibility index (Phi) is 4.55. The maximum absolute atomic E-state index is 12.6. The first-order valence-electron chi connectivity index (χ1n) is 6.16. The number of aliphatic hydroxyl groups is 1. The maximum atomic E-state index is 12.6.